The molecule has 1 aromatic rings. The van der Waals surface area contributed by atoms with Gasteiger partial charge in [-0.3, -0.25) is 9.59 Å². The highest BCUT2D eigenvalue weighted by Gasteiger charge is 2.38. The number of carbonyl (C=O) groups excluding carboxylic acids is 1. The van der Waals surface area contributed by atoms with Gasteiger partial charge in [0.05, 0.1) is 11.5 Å². The van der Waals surface area contributed by atoms with E-state index in [2.05, 4.69) is 5.32 Å². The average Bonchev–Trinajstić information content (AvgIpc) is 2.81. The van der Waals surface area contributed by atoms with Crippen molar-refractivity contribution in [2.24, 2.45) is 11.3 Å². The first-order valence-electron chi connectivity index (χ1n) is 6.33. The number of hydrogen-bond donors (Lipinski definition) is 2. The van der Waals surface area contributed by atoms with Gasteiger partial charge in [-0.15, -0.1) is 11.3 Å². The summed E-state index contributed by atoms with van der Waals surface area (Å²) >= 11 is 1.57. The number of rotatable bonds is 6. The Morgan fingerprint density at radius 1 is 1.42 bits per heavy atom. The molecule has 106 valence electrons. The maximum absolute atomic E-state index is 12.0. The molecule has 19 heavy (non-hydrogen) atoms. The molecular formula is C14H21NO3S. The lowest BCUT2D eigenvalue weighted by Gasteiger charge is -2.28. The van der Waals surface area contributed by atoms with E-state index in [4.69, 9.17) is 0 Å². The zero-order valence-electron chi connectivity index (χ0n) is 11.8. The number of carboxylic acids is 1. The van der Waals surface area contributed by atoms with Crippen molar-refractivity contribution in [1.82, 2.24) is 5.32 Å². The number of amides is 1. The lowest BCUT2D eigenvalue weighted by molar-refractivity contribution is -0.153. The van der Waals surface area contributed by atoms with Crippen LogP contribution < -0.4 is 5.32 Å². The van der Waals surface area contributed by atoms with Gasteiger partial charge < -0.3 is 10.4 Å². The summed E-state index contributed by atoms with van der Waals surface area (Å²) in [6.45, 7) is 7.17. The molecule has 0 aromatic carbocycles. The Morgan fingerprint density at radius 3 is 2.47 bits per heavy atom. The van der Waals surface area contributed by atoms with Gasteiger partial charge in [0.2, 0.25) is 5.91 Å². The third-order valence-electron chi connectivity index (χ3n) is 3.64. The summed E-state index contributed by atoms with van der Waals surface area (Å²) in [5.74, 6) is -1.26. The van der Waals surface area contributed by atoms with Gasteiger partial charge in [0.1, 0.15) is 0 Å². The van der Waals surface area contributed by atoms with E-state index in [-0.39, 0.29) is 24.3 Å². The molecule has 0 aliphatic carbocycles. The Hall–Kier alpha value is -1.36. The fourth-order valence-corrected chi connectivity index (χ4v) is 2.50. The molecule has 0 saturated carbocycles. The van der Waals surface area contributed by atoms with E-state index < -0.39 is 11.4 Å². The Labute approximate surface area is 117 Å². The van der Waals surface area contributed by atoms with Crippen molar-refractivity contribution in [3.05, 3.63) is 22.4 Å². The van der Waals surface area contributed by atoms with Gasteiger partial charge in [0, 0.05) is 11.3 Å². The second kappa shape index (κ2) is 6.19. The number of thiophene rings is 1. The van der Waals surface area contributed by atoms with E-state index in [0.717, 1.165) is 4.88 Å². The normalized spacial score (nSPS) is 15.8. The quantitative estimate of drug-likeness (QED) is 0.843. The topological polar surface area (TPSA) is 66.4 Å². The van der Waals surface area contributed by atoms with E-state index in [1.807, 2.05) is 38.3 Å². The minimum Gasteiger partial charge on any atom is -0.481 e. The van der Waals surface area contributed by atoms with Gasteiger partial charge in [0.25, 0.3) is 0 Å². The van der Waals surface area contributed by atoms with E-state index >= 15 is 0 Å². The molecule has 2 atom stereocenters. The first-order chi connectivity index (χ1) is 8.77. The molecule has 0 radical (unpaired) electrons. The van der Waals surface area contributed by atoms with Crippen LogP contribution in [-0.4, -0.2) is 17.0 Å². The third kappa shape index (κ3) is 3.80. The summed E-state index contributed by atoms with van der Waals surface area (Å²) in [4.78, 5) is 24.4. The summed E-state index contributed by atoms with van der Waals surface area (Å²) < 4.78 is 0. The van der Waals surface area contributed by atoms with Crippen molar-refractivity contribution < 1.29 is 14.7 Å². The summed E-state index contributed by atoms with van der Waals surface area (Å²) in [5, 5.41) is 14.1. The molecule has 0 bridgehead atoms. The van der Waals surface area contributed by atoms with Gasteiger partial charge in [-0.1, -0.05) is 19.9 Å². The number of carbonyl (C=O) groups is 2. The lowest BCUT2D eigenvalue weighted by atomic mass is 9.76. The maximum Gasteiger partial charge on any atom is 0.310 e. The maximum atomic E-state index is 12.0. The molecule has 4 nitrogen and oxygen atoms in total. The number of hydrogen-bond acceptors (Lipinski definition) is 3. The number of carboxylic acid groups (broad SMARTS) is 1. The fourth-order valence-electron chi connectivity index (χ4n) is 1.76. The third-order valence-corrected chi connectivity index (χ3v) is 4.69. The Balaban J connectivity index is 2.66. The molecule has 2 N–H and O–H groups in total. The zero-order chi connectivity index (χ0) is 14.6. The minimum absolute atomic E-state index is 0.00425. The van der Waals surface area contributed by atoms with Crippen LogP contribution in [0.1, 0.15) is 45.0 Å². The molecule has 0 saturated heterocycles. The molecule has 5 heteroatoms. The molecule has 1 heterocycles. The molecule has 1 amide bonds. The summed E-state index contributed by atoms with van der Waals surface area (Å²) in [5.41, 5.74) is -1.03. The van der Waals surface area contributed by atoms with Gasteiger partial charge in [0.15, 0.2) is 0 Å². The highest BCUT2D eigenvalue weighted by molar-refractivity contribution is 7.10. The average molecular weight is 283 g/mol. The molecule has 0 fully saturated rings. The Kier molecular flexibility index (Phi) is 5.11. The van der Waals surface area contributed by atoms with Crippen molar-refractivity contribution in [3.63, 3.8) is 0 Å². The van der Waals surface area contributed by atoms with Crippen LogP contribution in [0, 0.1) is 11.3 Å². The van der Waals surface area contributed by atoms with E-state index in [1.54, 1.807) is 18.3 Å². The van der Waals surface area contributed by atoms with E-state index in [1.165, 1.54) is 0 Å². The van der Waals surface area contributed by atoms with Crippen molar-refractivity contribution in [1.29, 1.82) is 0 Å². The van der Waals surface area contributed by atoms with Crippen molar-refractivity contribution >= 4 is 23.2 Å². The number of nitrogens with one attached hydrogen (secondary N) is 1. The smallest absolute Gasteiger partial charge is 0.310 e. The predicted molar refractivity (Wildman–Crippen MR) is 76.1 cm³/mol. The first kappa shape index (κ1) is 15.7. The van der Waals surface area contributed by atoms with E-state index in [0.29, 0.717) is 0 Å². The Bertz CT molecular complexity index is 442. The molecule has 1 rings (SSSR count). The van der Waals surface area contributed by atoms with Gasteiger partial charge in [-0.2, -0.15) is 0 Å². The molecule has 1 aromatic heterocycles. The fraction of sp³-hybridized carbons (Fsp3) is 0.571. The molecule has 0 spiro atoms. The van der Waals surface area contributed by atoms with Gasteiger partial charge in [-0.25, -0.2) is 0 Å². The highest BCUT2D eigenvalue weighted by Crippen LogP contribution is 2.31. The van der Waals surface area contributed by atoms with Crippen LogP contribution in [0.3, 0.4) is 0 Å². The number of aliphatic carboxylic acids is 1. The Morgan fingerprint density at radius 2 is 2.05 bits per heavy atom. The van der Waals surface area contributed by atoms with Crippen molar-refractivity contribution in [2.75, 3.05) is 0 Å². The highest BCUT2D eigenvalue weighted by atomic mass is 32.1. The zero-order valence-corrected chi connectivity index (χ0v) is 12.6. The molecule has 0 aliphatic heterocycles. The summed E-state index contributed by atoms with van der Waals surface area (Å²) in [6.07, 6.45) is -0.00425. The standard InChI is InChI=1S/C14H21NO3S/c1-9(2)14(4,13(17)18)8-12(16)15-10(3)11-6-5-7-19-11/h5-7,9-10H,8H2,1-4H3,(H,15,16)(H,17,18)/t10-,14?/m1/s1. The predicted octanol–water partition coefficient (Wildman–Crippen LogP) is 3.06. The molecule has 0 aliphatic rings. The lowest BCUT2D eigenvalue weighted by Crippen LogP contribution is -2.39. The van der Waals surface area contributed by atoms with Crippen LogP contribution in [0.2, 0.25) is 0 Å². The van der Waals surface area contributed by atoms with Crippen LogP contribution in [0.4, 0.5) is 0 Å². The van der Waals surface area contributed by atoms with Crippen molar-refractivity contribution in [3.8, 4) is 0 Å². The van der Waals surface area contributed by atoms with Crippen LogP contribution in [0.25, 0.3) is 0 Å². The first-order valence-corrected chi connectivity index (χ1v) is 7.21. The molecular weight excluding hydrogens is 262 g/mol. The van der Waals surface area contributed by atoms with E-state index in [9.17, 15) is 14.7 Å². The second-order valence-electron chi connectivity index (χ2n) is 5.36. The van der Waals surface area contributed by atoms with Crippen molar-refractivity contribution in [2.45, 2.75) is 40.2 Å². The summed E-state index contributed by atoms with van der Waals surface area (Å²) in [6, 6.07) is 3.80. The van der Waals surface area contributed by atoms with Crippen LogP contribution >= 0.6 is 11.3 Å². The van der Waals surface area contributed by atoms with Gasteiger partial charge in [-0.05, 0) is 31.2 Å². The van der Waals surface area contributed by atoms with Crippen LogP contribution in [0.15, 0.2) is 17.5 Å². The van der Waals surface area contributed by atoms with Gasteiger partial charge >= 0.3 is 5.97 Å². The minimum atomic E-state index is -1.03. The summed E-state index contributed by atoms with van der Waals surface area (Å²) in [7, 11) is 0. The second-order valence-corrected chi connectivity index (χ2v) is 6.34. The van der Waals surface area contributed by atoms with Crippen LogP contribution in [0.5, 0.6) is 0 Å². The van der Waals surface area contributed by atoms with Crippen LogP contribution in [-0.2, 0) is 9.59 Å². The largest absolute Gasteiger partial charge is 0.481 e. The molecule has 1 unspecified atom stereocenters. The SMILES string of the molecule is CC(C)C(C)(CC(=O)N[C@H](C)c1cccs1)C(=O)O. The monoisotopic (exact) mass is 283 g/mol.